The van der Waals surface area contributed by atoms with Gasteiger partial charge in [0.2, 0.25) is 0 Å². The molecule has 1 aromatic heterocycles. The molecule has 0 radical (unpaired) electrons. The number of hydrogen-bond acceptors (Lipinski definition) is 6. The molecule has 2 aliphatic heterocycles. The predicted molar refractivity (Wildman–Crippen MR) is 133 cm³/mol. The summed E-state index contributed by atoms with van der Waals surface area (Å²) in [6.45, 7) is 0.506. The SMILES string of the molecule is N#Cc1ncc(N2C(=O)C3(CCC3)N(c3ccc(C(=O)NC4=CC=NCC4)c(F)c3)C2=S)cc1C(F)(F)F. The molecule has 1 N–H and O–H groups in total. The Bertz CT molecular complexity index is 1480. The van der Waals surface area contributed by atoms with Crippen molar-refractivity contribution < 1.29 is 27.2 Å². The van der Waals surface area contributed by atoms with E-state index in [9.17, 15) is 22.8 Å². The molecule has 13 heteroatoms. The molecule has 1 aliphatic carbocycles. The molecule has 1 spiro atoms. The third-order valence-electron chi connectivity index (χ3n) is 6.76. The Kier molecular flexibility index (Phi) is 6.22. The minimum Gasteiger partial charge on any atom is -0.326 e. The Morgan fingerprint density at radius 2 is 1.97 bits per heavy atom. The fourth-order valence-corrected chi connectivity index (χ4v) is 5.19. The first-order valence-corrected chi connectivity index (χ1v) is 11.9. The van der Waals surface area contributed by atoms with E-state index >= 15 is 4.39 Å². The van der Waals surface area contributed by atoms with Crippen LogP contribution in [0.4, 0.5) is 28.9 Å². The summed E-state index contributed by atoms with van der Waals surface area (Å²) in [7, 11) is 0. The molecule has 0 atom stereocenters. The normalized spacial score (nSPS) is 18.3. The van der Waals surface area contributed by atoms with Gasteiger partial charge in [0.05, 0.1) is 23.0 Å². The van der Waals surface area contributed by atoms with Crippen molar-refractivity contribution in [2.75, 3.05) is 16.3 Å². The largest absolute Gasteiger partial charge is 0.419 e. The van der Waals surface area contributed by atoms with E-state index in [-0.39, 0.29) is 22.1 Å². The number of amides is 2. The van der Waals surface area contributed by atoms with Gasteiger partial charge in [0.15, 0.2) is 10.8 Å². The summed E-state index contributed by atoms with van der Waals surface area (Å²) in [6, 6.07) is 5.84. The number of alkyl halides is 3. The molecule has 2 amide bonds. The van der Waals surface area contributed by atoms with Crippen molar-refractivity contribution in [3.63, 3.8) is 0 Å². The third-order valence-corrected chi connectivity index (χ3v) is 7.12. The van der Waals surface area contributed by atoms with Gasteiger partial charge in [-0.1, -0.05) is 0 Å². The van der Waals surface area contributed by atoms with Crippen molar-refractivity contribution >= 4 is 46.7 Å². The van der Waals surface area contributed by atoms with Crippen LogP contribution >= 0.6 is 12.2 Å². The molecule has 5 rings (SSSR count). The van der Waals surface area contributed by atoms with Gasteiger partial charge >= 0.3 is 6.18 Å². The summed E-state index contributed by atoms with van der Waals surface area (Å²) >= 11 is 5.52. The van der Waals surface area contributed by atoms with Gasteiger partial charge in [-0.3, -0.25) is 19.5 Å². The quantitative estimate of drug-likeness (QED) is 0.458. The van der Waals surface area contributed by atoms with Crippen molar-refractivity contribution in [2.24, 2.45) is 4.99 Å². The number of allylic oxidation sites excluding steroid dienone is 1. The number of hydrogen-bond donors (Lipinski definition) is 1. The first-order valence-electron chi connectivity index (χ1n) is 11.5. The number of rotatable bonds is 4. The zero-order valence-corrected chi connectivity index (χ0v) is 20.4. The fourth-order valence-electron chi connectivity index (χ4n) is 4.72. The molecule has 0 bridgehead atoms. The van der Waals surface area contributed by atoms with E-state index in [1.807, 2.05) is 0 Å². The summed E-state index contributed by atoms with van der Waals surface area (Å²) in [4.78, 5) is 36.1. The van der Waals surface area contributed by atoms with E-state index in [1.165, 1.54) is 23.1 Å². The standard InChI is InChI=1S/C25H18F4N6O2S/c26-19-11-15(2-3-17(19)21(36)33-14-4-8-31-9-5-14)35-23(38)34(22(37)24(35)6-1-7-24)16-10-18(25(27,28)29)20(12-30)32-13-16/h2-4,8,10-11,13H,1,5-7,9H2,(H,33,36). The molecule has 1 saturated heterocycles. The maximum Gasteiger partial charge on any atom is 0.419 e. The highest BCUT2D eigenvalue weighted by Gasteiger charge is 2.60. The van der Waals surface area contributed by atoms with Crippen molar-refractivity contribution in [3.8, 4) is 6.07 Å². The number of carbonyl (C=O) groups excluding carboxylic acids is 2. The Balaban J connectivity index is 1.49. The van der Waals surface area contributed by atoms with Gasteiger partial charge in [0.25, 0.3) is 11.8 Å². The fraction of sp³-hybridized carbons (Fsp3) is 0.280. The molecular weight excluding hydrogens is 524 g/mol. The van der Waals surface area contributed by atoms with Crippen molar-refractivity contribution in [1.29, 1.82) is 5.26 Å². The molecule has 1 aromatic carbocycles. The number of nitriles is 1. The number of halogens is 4. The third kappa shape index (κ3) is 4.10. The Labute approximate surface area is 219 Å². The Morgan fingerprint density at radius 3 is 2.55 bits per heavy atom. The molecule has 3 aliphatic rings. The van der Waals surface area contributed by atoms with Gasteiger partial charge < -0.3 is 10.2 Å². The molecule has 2 fully saturated rings. The number of aliphatic imine (C=N–C) groups is 1. The van der Waals surface area contributed by atoms with Gasteiger partial charge in [-0.15, -0.1) is 0 Å². The van der Waals surface area contributed by atoms with Gasteiger partial charge in [0, 0.05) is 30.6 Å². The number of aromatic nitrogens is 1. The van der Waals surface area contributed by atoms with Crippen LogP contribution in [0.2, 0.25) is 0 Å². The molecule has 1 saturated carbocycles. The highest BCUT2D eigenvalue weighted by molar-refractivity contribution is 7.81. The number of thiocarbonyl (C=S) groups is 1. The zero-order chi connectivity index (χ0) is 27.2. The molecular formula is C25H18F4N6O2S. The minimum absolute atomic E-state index is 0.155. The minimum atomic E-state index is -4.88. The summed E-state index contributed by atoms with van der Waals surface area (Å²) in [5, 5.41) is 11.5. The maximum atomic E-state index is 15.2. The number of pyridine rings is 1. The average Bonchev–Trinajstić information content (AvgIpc) is 3.10. The lowest BCUT2D eigenvalue weighted by atomic mass is 9.75. The van der Waals surface area contributed by atoms with E-state index in [0.29, 0.717) is 44.0 Å². The van der Waals surface area contributed by atoms with E-state index in [4.69, 9.17) is 17.5 Å². The average molecular weight is 543 g/mol. The maximum absolute atomic E-state index is 15.2. The van der Waals surface area contributed by atoms with Crippen LogP contribution in [0.25, 0.3) is 0 Å². The zero-order valence-electron chi connectivity index (χ0n) is 19.5. The summed E-state index contributed by atoms with van der Waals surface area (Å²) in [6.07, 6.45) is 1.12. The first kappa shape index (κ1) is 25.5. The molecule has 194 valence electrons. The number of dihydropyridines is 1. The Hall–Kier alpha value is -4.18. The predicted octanol–water partition coefficient (Wildman–Crippen LogP) is 4.26. The number of nitrogens with one attached hydrogen (secondary N) is 1. The van der Waals surface area contributed by atoms with Crippen LogP contribution in [-0.4, -0.2) is 40.2 Å². The van der Waals surface area contributed by atoms with Crippen LogP contribution in [0.1, 0.15) is 47.3 Å². The topological polar surface area (TPSA) is 102 Å². The highest BCUT2D eigenvalue weighted by Crippen LogP contribution is 2.48. The van der Waals surface area contributed by atoms with Crippen molar-refractivity contribution in [1.82, 2.24) is 10.3 Å². The number of carbonyl (C=O) groups is 2. The number of nitrogens with zero attached hydrogens (tertiary/aromatic N) is 5. The van der Waals surface area contributed by atoms with Crippen LogP contribution in [0.5, 0.6) is 0 Å². The second-order valence-corrected chi connectivity index (χ2v) is 9.32. The van der Waals surface area contributed by atoms with Crippen molar-refractivity contribution in [2.45, 2.75) is 37.4 Å². The lowest BCUT2D eigenvalue weighted by Gasteiger charge is -2.43. The molecule has 8 nitrogen and oxygen atoms in total. The van der Waals surface area contributed by atoms with Gasteiger partial charge in [0.1, 0.15) is 17.4 Å². The van der Waals surface area contributed by atoms with E-state index in [1.54, 1.807) is 12.3 Å². The van der Waals surface area contributed by atoms with E-state index in [0.717, 1.165) is 17.2 Å². The number of anilines is 2. The van der Waals surface area contributed by atoms with Crippen molar-refractivity contribution in [3.05, 3.63) is 64.9 Å². The van der Waals surface area contributed by atoms with Gasteiger partial charge in [-0.2, -0.15) is 18.4 Å². The lowest BCUT2D eigenvalue weighted by molar-refractivity contribution is -0.138. The van der Waals surface area contributed by atoms with Crippen LogP contribution < -0.4 is 15.1 Å². The summed E-state index contributed by atoms with van der Waals surface area (Å²) in [5.74, 6) is -2.08. The monoisotopic (exact) mass is 542 g/mol. The van der Waals surface area contributed by atoms with Crippen LogP contribution in [0.15, 0.2) is 47.2 Å². The second-order valence-electron chi connectivity index (χ2n) is 8.96. The van der Waals surface area contributed by atoms with E-state index in [2.05, 4.69) is 15.3 Å². The smallest absolute Gasteiger partial charge is 0.326 e. The highest BCUT2D eigenvalue weighted by atomic mass is 32.1. The van der Waals surface area contributed by atoms with Gasteiger partial charge in [-0.25, -0.2) is 9.37 Å². The molecule has 2 aromatic rings. The summed E-state index contributed by atoms with van der Waals surface area (Å²) < 4.78 is 55.8. The van der Waals surface area contributed by atoms with Crippen LogP contribution in [0, 0.1) is 17.1 Å². The molecule has 38 heavy (non-hydrogen) atoms. The lowest BCUT2D eigenvalue weighted by Crippen LogP contribution is -2.55. The van der Waals surface area contributed by atoms with Gasteiger partial charge in [-0.05, 0) is 61.8 Å². The van der Waals surface area contributed by atoms with E-state index < -0.39 is 40.6 Å². The molecule has 3 heterocycles. The Morgan fingerprint density at radius 1 is 1.21 bits per heavy atom. The molecule has 0 unspecified atom stereocenters. The second kappa shape index (κ2) is 9.29. The van der Waals surface area contributed by atoms with Crippen LogP contribution in [-0.2, 0) is 11.0 Å². The first-order chi connectivity index (χ1) is 18.1. The van der Waals surface area contributed by atoms with Crippen LogP contribution in [0.3, 0.4) is 0 Å². The summed E-state index contributed by atoms with van der Waals surface area (Å²) in [5.41, 5.74) is -3.03. The number of benzene rings is 1.